The van der Waals surface area contributed by atoms with Gasteiger partial charge in [-0.05, 0) is 31.6 Å². The van der Waals surface area contributed by atoms with Crippen LogP contribution in [0.25, 0.3) is 0 Å². The second kappa shape index (κ2) is 4.22. The van der Waals surface area contributed by atoms with Gasteiger partial charge in [-0.3, -0.25) is 0 Å². The van der Waals surface area contributed by atoms with Gasteiger partial charge in [-0.25, -0.2) is 0 Å². The molecule has 1 heterocycles. The van der Waals surface area contributed by atoms with Crippen LogP contribution in [0.15, 0.2) is 12.2 Å². The summed E-state index contributed by atoms with van der Waals surface area (Å²) in [7, 11) is 0. The highest BCUT2D eigenvalue weighted by Crippen LogP contribution is 2.40. The molecule has 0 amide bonds. The molecule has 1 saturated carbocycles. The first-order valence-corrected chi connectivity index (χ1v) is 5.95. The van der Waals surface area contributed by atoms with Gasteiger partial charge in [0.25, 0.3) is 0 Å². The summed E-state index contributed by atoms with van der Waals surface area (Å²) < 4.78 is 37.8. The average Bonchev–Trinajstić information content (AvgIpc) is 2.17. The minimum absolute atomic E-state index is 0.0283. The lowest BCUT2D eigenvalue weighted by molar-refractivity contribution is -0.166. The zero-order chi connectivity index (χ0) is 11.9. The van der Waals surface area contributed by atoms with Crippen LogP contribution >= 0.6 is 11.6 Å². The number of rotatable bonds is 0. The first kappa shape index (κ1) is 12.2. The molecule has 1 aliphatic carbocycles. The van der Waals surface area contributed by atoms with Gasteiger partial charge in [-0.2, -0.15) is 13.2 Å². The molecule has 1 aliphatic heterocycles. The van der Waals surface area contributed by atoms with Gasteiger partial charge in [-0.15, -0.1) is 11.6 Å². The molecule has 92 valence electrons. The number of allylic oxidation sites excluding steroid dienone is 1. The van der Waals surface area contributed by atoms with Gasteiger partial charge in [0, 0.05) is 11.4 Å². The second-order valence-corrected chi connectivity index (χ2v) is 5.34. The fraction of sp³-hybridized carbons (Fsp3) is 0.818. The molecule has 1 nitrogen and oxygen atoms in total. The Morgan fingerprint density at radius 3 is 2.69 bits per heavy atom. The van der Waals surface area contributed by atoms with Crippen LogP contribution in [0.3, 0.4) is 0 Å². The largest absolute Gasteiger partial charge is 0.403 e. The van der Waals surface area contributed by atoms with Crippen LogP contribution in [-0.4, -0.2) is 23.6 Å². The number of hydrogen-bond acceptors (Lipinski definition) is 1. The van der Waals surface area contributed by atoms with Gasteiger partial charge in [0.2, 0.25) is 0 Å². The smallest absolute Gasteiger partial charge is 0.303 e. The quantitative estimate of drug-likeness (QED) is 0.516. The lowest BCUT2D eigenvalue weighted by atomic mass is 9.75. The maximum Gasteiger partial charge on any atom is 0.403 e. The summed E-state index contributed by atoms with van der Waals surface area (Å²) in [6.45, 7) is 3.90. The van der Waals surface area contributed by atoms with Gasteiger partial charge < -0.3 is 5.32 Å². The summed E-state index contributed by atoms with van der Waals surface area (Å²) >= 11 is 6.08. The molecule has 4 atom stereocenters. The van der Waals surface area contributed by atoms with E-state index in [0.717, 1.165) is 24.8 Å². The average molecular weight is 254 g/mol. The third kappa shape index (κ3) is 2.38. The number of hydrogen-bond donors (Lipinski definition) is 1. The van der Waals surface area contributed by atoms with Crippen molar-refractivity contribution >= 4 is 11.6 Å². The van der Waals surface area contributed by atoms with Crippen molar-refractivity contribution in [3.63, 3.8) is 0 Å². The van der Waals surface area contributed by atoms with Crippen molar-refractivity contribution < 1.29 is 13.2 Å². The molecule has 0 aromatic rings. The van der Waals surface area contributed by atoms with E-state index in [1.807, 2.05) is 0 Å². The predicted octanol–water partition coefficient (Wildman–Crippen LogP) is 3.24. The van der Waals surface area contributed by atoms with Gasteiger partial charge in [-0.1, -0.05) is 12.2 Å². The van der Waals surface area contributed by atoms with Crippen molar-refractivity contribution in [3.8, 4) is 0 Å². The van der Waals surface area contributed by atoms with Gasteiger partial charge in [0.15, 0.2) is 0 Å². The predicted molar refractivity (Wildman–Crippen MR) is 57.5 cm³/mol. The van der Waals surface area contributed by atoms with Crippen LogP contribution in [-0.2, 0) is 0 Å². The monoisotopic (exact) mass is 253 g/mol. The van der Waals surface area contributed by atoms with Gasteiger partial charge in [0.1, 0.15) is 6.04 Å². The fourth-order valence-electron chi connectivity index (χ4n) is 2.69. The molecule has 0 radical (unpaired) electrons. The van der Waals surface area contributed by atoms with Gasteiger partial charge in [0.05, 0.1) is 0 Å². The Hall–Kier alpha value is -0.220. The Labute approximate surface area is 98.0 Å². The van der Waals surface area contributed by atoms with Crippen molar-refractivity contribution in [3.05, 3.63) is 12.2 Å². The molecule has 0 bridgehead atoms. The number of piperidine rings is 1. The maximum absolute atomic E-state index is 12.6. The van der Waals surface area contributed by atoms with Crippen molar-refractivity contribution in [2.24, 2.45) is 5.92 Å². The van der Waals surface area contributed by atoms with Gasteiger partial charge >= 0.3 is 6.18 Å². The number of fused-ring (bicyclic) bond motifs is 1. The van der Waals surface area contributed by atoms with E-state index in [-0.39, 0.29) is 18.4 Å². The molecule has 4 unspecified atom stereocenters. The Balaban J connectivity index is 2.08. The number of halogens is 4. The minimum atomic E-state index is -4.19. The summed E-state index contributed by atoms with van der Waals surface area (Å²) in [5.74, 6) is 0.113. The second-order valence-electron chi connectivity index (χ2n) is 4.78. The highest BCUT2D eigenvalue weighted by molar-refractivity contribution is 6.21. The maximum atomic E-state index is 12.6. The molecule has 0 aromatic carbocycles. The lowest BCUT2D eigenvalue weighted by Crippen LogP contribution is -2.58. The summed E-state index contributed by atoms with van der Waals surface area (Å²) in [6, 6.07) is -1.55. The van der Waals surface area contributed by atoms with E-state index in [2.05, 4.69) is 11.9 Å². The van der Waals surface area contributed by atoms with Crippen LogP contribution < -0.4 is 5.32 Å². The molecule has 2 aliphatic rings. The SMILES string of the molecule is C=C1CCC2NC(C(F)(F)F)CC(Cl)C2C1. The summed E-state index contributed by atoms with van der Waals surface area (Å²) in [5.41, 5.74) is 1.11. The highest BCUT2D eigenvalue weighted by atomic mass is 35.5. The van der Waals surface area contributed by atoms with Crippen molar-refractivity contribution in [2.75, 3.05) is 0 Å². The van der Waals surface area contributed by atoms with E-state index in [1.54, 1.807) is 0 Å². The van der Waals surface area contributed by atoms with Crippen LogP contribution in [0.4, 0.5) is 13.2 Å². The Morgan fingerprint density at radius 1 is 1.38 bits per heavy atom. The van der Waals surface area contributed by atoms with E-state index in [4.69, 9.17) is 11.6 Å². The Bertz CT molecular complexity index is 289. The highest BCUT2D eigenvalue weighted by Gasteiger charge is 2.48. The summed E-state index contributed by atoms with van der Waals surface area (Å²) in [6.07, 6.45) is -1.93. The fourth-order valence-corrected chi connectivity index (χ4v) is 3.14. The molecular formula is C11H15ClF3N. The third-order valence-corrected chi connectivity index (χ3v) is 4.09. The van der Waals surface area contributed by atoms with Crippen molar-refractivity contribution in [1.82, 2.24) is 5.32 Å². The summed E-state index contributed by atoms with van der Waals surface area (Å²) in [4.78, 5) is 0. The Morgan fingerprint density at radius 2 is 2.06 bits per heavy atom. The first-order valence-electron chi connectivity index (χ1n) is 5.51. The van der Waals surface area contributed by atoms with E-state index in [9.17, 15) is 13.2 Å². The molecule has 16 heavy (non-hydrogen) atoms. The topological polar surface area (TPSA) is 12.0 Å². The van der Waals surface area contributed by atoms with E-state index in [1.165, 1.54) is 0 Å². The van der Waals surface area contributed by atoms with Crippen LogP contribution in [0.1, 0.15) is 25.7 Å². The number of alkyl halides is 4. The lowest BCUT2D eigenvalue weighted by Gasteiger charge is -2.44. The molecule has 5 heteroatoms. The summed E-state index contributed by atoms with van der Waals surface area (Å²) in [5, 5.41) is 2.30. The number of nitrogens with one attached hydrogen (secondary N) is 1. The molecule has 0 spiro atoms. The molecule has 1 saturated heterocycles. The van der Waals surface area contributed by atoms with Crippen molar-refractivity contribution in [1.29, 1.82) is 0 Å². The zero-order valence-corrected chi connectivity index (χ0v) is 9.61. The molecule has 2 fully saturated rings. The normalized spacial score (nSPS) is 40.6. The minimum Gasteiger partial charge on any atom is -0.303 e. The molecular weight excluding hydrogens is 239 g/mol. The van der Waals surface area contributed by atoms with Crippen LogP contribution in [0, 0.1) is 5.92 Å². The van der Waals surface area contributed by atoms with Crippen molar-refractivity contribution in [2.45, 2.75) is 49.3 Å². The molecule has 2 rings (SSSR count). The third-order valence-electron chi connectivity index (χ3n) is 3.59. The molecule has 1 N–H and O–H groups in total. The first-order chi connectivity index (χ1) is 7.38. The van der Waals surface area contributed by atoms with E-state index in [0.29, 0.717) is 0 Å². The molecule has 0 aromatic heterocycles. The Kier molecular flexibility index (Phi) is 3.23. The van der Waals surface area contributed by atoms with Crippen LogP contribution in [0.5, 0.6) is 0 Å². The van der Waals surface area contributed by atoms with E-state index < -0.39 is 17.6 Å². The standard InChI is InChI=1S/C11H15ClF3N/c1-6-2-3-9-7(4-6)8(12)5-10(16-9)11(13,14)15/h7-10,16H,1-5H2. The van der Waals surface area contributed by atoms with E-state index >= 15 is 0 Å². The van der Waals surface area contributed by atoms with Crippen LogP contribution in [0.2, 0.25) is 0 Å². The zero-order valence-electron chi connectivity index (χ0n) is 8.86.